The van der Waals surface area contributed by atoms with Gasteiger partial charge in [0.15, 0.2) is 0 Å². The second-order valence-electron chi connectivity index (χ2n) is 3.97. The Balaban J connectivity index is 2.31. The topological polar surface area (TPSA) is 48.0 Å². The molecule has 0 aliphatic heterocycles. The van der Waals surface area contributed by atoms with Crippen molar-refractivity contribution in [3.63, 3.8) is 0 Å². The maximum absolute atomic E-state index is 12.8. The molecule has 0 saturated carbocycles. The molecule has 0 N–H and O–H groups in total. The molecule has 0 unspecified atom stereocenters. The van der Waals surface area contributed by atoms with Crippen molar-refractivity contribution in [3.8, 4) is 0 Å². The highest BCUT2D eigenvalue weighted by Crippen LogP contribution is 2.32. The van der Waals surface area contributed by atoms with Crippen molar-refractivity contribution < 1.29 is 21.8 Å². The zero-order chi connectivity index (χ0) is 14.2. The Labute approximate surface area is 109 Å². The average molecular weight is 292 g/mol. The second-order valence-corrected chi connectivity index (χ2v) is 5.39. The van der Waals surface area contributed by atoms with E-state index in [9.17, 15) is 17.4 Å². The third-order valence-corrected chi connectivity index (χ3v) is 4.11. The predicted octanol–water partition coefficient (Wildman–Crippen LogP) is 2.65. The molecule has 0 radical (unpaired) electrons. The standard InChI is InChI=1S/C11H11F3N2O2S/c1-7-9(3-4-18-7)19(17)6-8-5-15-16(2)10(8)11(12,13)14/h3-5H,6H2,1-2H3/t19-/m1/s1. The van der Waals surface area contributed by atoms with Crippen molar-refractivity contribution >= 4 is 10.8 Å². The minimum absolute atomic E-state index is 0.0890. The highest BCUT2D eigenvalue weighted by atomic mass is 32.2. The van der Waals surface area contributed by atoms with Gasteiger partial charge in [-0.25, -0.2) is 0 Å². The molecule has 2 aromatic heterocycles. The van der Waals surface area contributed by atoms with Crippen molar-refractivity contribution in [1.82, 2.24) is 9.78 Å². The molecule has 0 bridgehead atoms. The summed E-state index contributed by atoms with van der Waals surface area (Å²) < 4.78 is 56.3. The molecular formula is C11H11F3N2O2S. The van der Waals surface area contributed by atoms with E-state index in [1.165, 1.54) is 19.4 Å². The Bertz CT molecular complexity index is 616. The van der Waals surface area contributed by atoms with Crippen LogP contribution < -0.4 is 0 Å². The Morgan fingerprint density at radius 2 is 2.16 bits per heavy atom. The molecule has 2 aromatic rings. The lowest BCUT2D eigenvalue weighted by Crippen LogP contribution is -2.15. The highest BCUT2D eigenvalue weighted by molar-refractivity contribution is 7.84. The van der Waals surface area contributed by atoms with Gasteiger partial charge >= 0.3 is 6.18 Å². The monoisotopic (exact) mass is 292 g/mol. The van der Waals surface area contributed by atoms with Gasteiger partial charge in [0.1, 0.15) is 11.5 Å². The smallest absolute Gasteiger partial charge is 0.433 e. The van der Waals surface area contributed by atoms with Crippen molar-refractivity contribution in [2.24, 2.45) is 7.05 Å². The highest BCUT2D eigenvalue weighted by Gasteiger charge is 2.37. The lowest BCUT2D eigenvalue weighted by molar-refractivity contribution is -0.144. The fraction of sp³-hybridized carbons (Fsp3) is 0.364. The summed E-state index contributed by atoms with van der Waals surface area (Å²) in [7, 11) is -0.387. The summed E-state index contributed by atoms with van der Waals surface area (Å²) in [6.07, 6.45) is -2.07. The molecule has 0 aliphatic carbocycles. The van der Waals surface area contributed by atoms with Crippen molar-refractivity contribution in [2.45, 2.75) is 23.7 Å². The molecule has 4 nitrogen and oxygen atoms in total. The van der Waals surface area contributed by atoms with E-state index in [1.807, 2.05) is 0 Å². The number of rotatable bonds is 3. The molecule has 19 heavy (non-hydrogen) atoms. The second kappa shape index (κ2) is 4.84. The van der Waals surface area contributed by atoms with E-state index in [2.05, 4.69) is 5.10 Å². The summed E-state index contributed by atoms with van der Waals surface area (Å²) in [6.45, 7) is 1.61. The maximum atomic E-state index is 12.8. The molecule has 0 saturated heterocycles. The Morgan fingerprint density at radius 1 is 1.47 bits per heavy atom. The molecule has 104 valence electrons. The van der Waals surface area contributed by atoms with Crippen LogP contribution in [0.4, 0.5) is 13.2 Å². The number of nitrogens with zero attached hydrogens (tertiary/aromatic N) is 2. The molecule has 0 amide bonds. The van der Waals surface area contributed by atoms with Gasteiger partial charge in [-0.3, -0.25) is 8.89 Å². The van der Waals surface area contributed by atoms with Gasteiger partial charge in [-0.2, -0.15) is 18.3 Å². The number of aromatic nitrogens is 2. The van der Waals surface area contributed by atoms with Crippen molar-refractivity contribution in [3.05, 3.63) is 35.5 Å². The first kappa shape index (κ1) is 13.9. The molecular weight excluding hydrogens is 281 g/mol. The fourth-order valence-electron chi connectivity index (χ4n) is 1.78. The average Bonchev–Trinajstić information content (AvgIpc) is 2.84. The summed E-state index contributed by atoms with van der Waals surface area (Å²) in [6, 6.07) is 1.50. The van der Waals surface area contributed by atoms with Crippen LogP contribution in [0.5, 0.6) is 0 Å². The van der Waals surface area contributed by atoms with E-state index in [1.54, 1.807) is 6.92 Å². The molecule has 0 aliphatic rings. The first-order valence-electron chi connectivity index (χ1n) is 5.31. The van der Waals surface area contributed by atoms with E-state index in [4.69, 9.17) is 4.42 Å². The van der Waals surface area contributed by atoms with Gasteiger partial charge in [0.2, 0.25) is 0 Å². The lowest BCUT2D eigenvalue weighted by Gasteiger charge is -2.09. The third kappa shape index (κ3) is 2.73. The molecule has 2 rings (SSSR count). The fourth-order valence-corrected chi connectivity index (χ4v) is 3.01. The zero-order valence-corrected chi connectivity index (χ0v) is 11.0. The van der Waals surface area contributed by atoms with Crippen LogP contribution in [0.1, 0.15) is 17.0 Å². The predicted molar refractivity (Wildman–Crippen MR) is 61.8 cm³/mol. The van der Waals surface area contributed by atoms with Crippen LogP contribution in [0.2, 0.25) is 0 Å². The van der Waals surface area contributed by atoms with E-state index in [0.717, 1.165) is 10.9 Å². The van der Waals surface area contributed by atoms with Gasteiger partial charge in [-0.05, 0) is 13.0 Å². The van der Waals surface area contributed by atoms with Crippen LogP contribution in [0.3, 0.4) is 0 Å². The van der Waals surface area contributed by atoms with Crippen molar-refractivity contribution in [2.75, 3.05) is 0 Å². The van der Waals surface area contributed by atoms with E-state index in [-0.39, 0.29) is 11.3 Å². The lowest BCUT2D eigenvalue weighted by atomic mass is 10.3. The number of hydrogen-bond acceptors (Lipinski definition) is 3. The van der Waals surface area contributed by atoms with Crippen LogP contribution in [0.25, 0.3) is 0 Å². The third-order valence-electron chi connectivity index (χ3n) is 2.63. The van der Waals surface area contributed by atoms with E-state index < -0.39 is 22.7 Å². The summed E-state index contributed by atoms with van der Waals surface area (Å²) >= 11 is 0. The number of alkyl halides is 3. The van der Waals surface area contributed by atoms with Gasteiger partial charge in [0.25, 0.3) is 0 Å². The van der Waals surface area contributed by atoms with E-state index >= 15 is 0 Å². The number of halogens is 3. The summed E-state index contributed by atoms with van der Waals surface area (Å²) in [5.74, 6) is 0.194. The number of furan rings is 1. The van der Waals surface area contributed by atoms with Gasteiger partial charge in [-0.1, -0.05) is 0 Å². The molecule has 0 spiro atoms. The largest absolute Gasteiger partial charge is 0.468 e. The van der Waals surface area contributed by atoms with Gasteiger partial charge < -0.3 is 4.42 Å². The van der Waals surface area contributed by atoms with Crippen LogP contribution in [0.15, 0.2) is 27.8 Å². The van der Waals surface area contributed by atoms with Gasteiger partial charge in [0, 0.05) is 12.6 Å². The van der Waals surface area contributed by atoms with E-state index in [0.29, 0.717) is 10.7 Å². The Kier molecular flexibility index (Phi) is 3.53. The maximum Gasteiger partial charge on any atom is 0.433 e. The van der Waals surface area contributed by atoms with Crippen LogP contribution in [0, 0.1) is 6.92 Å². The first-order chi connectivity index (χ1) is 8.80. The summed E-state index contributed by atoms with van der Waals surface area (Å²) in [4.78, 5) is 0.400. The first-order valence-corrected chi connectivity index (χ1v) is 6.63. The number of hydrogen-bond donors (Lipinski definition) is 0. The molecule has 0 fully saturated rings. The van der Waals surface area contributed by atoms with Gasteiger partial charge in [0.05, 0.1) is 33.9 Å². The SMILES string of the molecule is Cc1occc1[S@](=O)Cc1cnn(C)c1C(F)(F)F. The summed E-state index contributed by atoms with van der Waals surface area (Å²) in [5.41, 5.74) is -0.962. The molecule has 8 heteroatoms. The minimum Gasteiger partial charge on any atom is -0.468 e. The normalized spacial score (nSPS) is 13.7. The molecule has 1 atom stereocenters. The molecule has 0 aromatic carbocycles. The molecule has 2 heterocycles. The van der Waals surface area contributed by atoms with Crippen LogP contribution in [-0.2, 0) is 29.8 Å². The van der Waals surface area contributed by atoms with Crippen LogP contribution >= 0.6 is 0 Å². The zero-order valence-electron chi connectivity index (χ0n) is 10.2. The van der Waals surface area contributed by atoms with Crippen LogP contribution in [-0.4, -0.2) is 14.0 Å². The Morgan fingerprint density at radius 3 is 2.68 bits per heavy atom. The number of aryl methyl sites for hydroxylation is 2. The minimum atomic E-state index is -4.52. The van der Waals surface area contributed by atoms with Crippen molar-refractivity contribution in [1.29, 1.82) is 0 Å². The quantitative estimate of drug-likeness (QED) is 0.873. The Hall–Kier alpha value is -1.57. The van der Waals surface area contributed by atoms with Gasteiger partial charge in [-0.15, -0.1) is 0 Å². The summed E-state index contributed by atoms with van der Waals surface area (Å²) in [5, 5.41) is 3.58.